The van der Waals surface area contributed by atoms with Gasteiger partial charge in [-0.2, -0.15) is 0 Å². The SMILES string of the molecule is Cc1cccc(N2C[C@@H](C(=O)O[C@@H](C)C(=O)NC(N)=O)CC2=O)c1C. The largest absolute Gasteiger partial charge is 0.452 e. The maximum Gasteiger partial charge on any atom is 0.318 e. The van der Waals surface area contributed by atoms with Gasteiger partial charge in [-0.3, -0.25) is 19.7 Å². The zero-order chi connectivity index (χ0) is 18.7. The van der Waals surface area contributed by atoms with Gasteiger partial charge in [0.05, 0.1) is 5.92 Å². The monoisotopic (exact) mass is 347 g/mol. The van der Waals surface area contributed by atoms with E-state index in [1.54, 1.807) is 4.90 Å². The van der Waals surface area contributed by atoms with Crippen LogP contribution < -0.4 is 16.0 Å². The normalized spacial score (nSPS) is 18.0. The van der Waals surface area contributed by atoms with Crippen LogP contribution in [0.5, 0.6) is 0 Å². The molecule has 0 aliphatic carbocycles. The zero-order valence-corrected chi connectivity index (χ0v) is 14.4. The van der Waals surface area contributed by atoms with Crippen molar-refractivity contribution in [3.05, 3.63) is 29.3 Å². The van der Waals surface area contributed by atoms with Crippen molar-refractivity contribution in [1.29, 1.82) is 0 Å². The molecule has 134 valence electrons. The van der Waals surface area contributed by atoms with Crippen LogP contribution in [-0.2, 0) is 19.1 Å². The second-order valence-electron chi connectivity index (χ2n) is 6.06. The Hall–Kier alpha value is -2.90. The number of carbonyl (C=O) groups excluding carboxylic acids is 4. The summed E-state index contributed by atoms with van der Waals surface area (Å²) in [6, 6.07) is 4.61. The quantitative estimate of drug-likeness (QED) is 0.780. The molecule has 0 unspecified atom stereocenters. The fourth-order valence-corrected chi connectivity index (χ4v) is 2.67. The molecule has 8 nitrogen and oxygen atoms in total. The van der Waals surface area contributed by atoms with Crippen molar-refractivity contribution in [3.63, 3.8) is 0 Å². The van der Waals surface area contributed by atoms with Crippen LogP contribution in [0.3, 0.4) is 0 Å². The third kappa shape index (κ3) is 4.14. The summed E-state index contributed by atoms with van der Waals surface area (Å²) in [6.45, 7) is 5.38. The second-order valence-corrected chi connectivity index (χ2v) is 6.06. The summed E-state index contributed by atoms with van der Waals surface area (Å²) in [5.74, 6) is -2.31. The number of imide groups is 1. The van der Waals surface area contributed by atoms with Crippen molar-refractivity contribution in [2.75, 3.05) is 11.4 Å². The number of anilines is 1. The minimum Gasteiger partial charge on any atom is -0.452 e. The molecule has 0 saturated carbocycles. The molecule has 1 aromatic carbocycles. The summed E-state index contributed by atoms with van der Waals surface area (Å²) in [7, 11) is 0. The maximum atomic E-state index is 12.3. The van der Waals surface area contributed by atoms with Gasteiger partial charge in [-0.1, -0.05) is 12.1 Å². The van der Waals surface area contributed by atoms with Gasteiger partial charge in [0.25, 0.3) is 5.91 Å². The van der Waals surface area contributed by atoms with E-state index >= 15 is 0 Å². The fourth-order valence-electron chi connectivity index (χ4n) is 2.67. The lowest BCUT2D eigenvalue weighted by Gasteiger charge is -2.20. The number of esters is 1. The first kappa shape index (κ1) is 18.4. The van der Waals surface area contributed by atoms with E-state index in [0.29, 0.717) is 0 Å². The van der Waals surface area contributed by atoms with Crippen molar-refractivity contribution in [3.8, 4) is 0 Å². The Morgan fingerprint density at radius 2 is 2.00 bits per heavy atom. The number of ether oxygens (including phenoxy) is 1. The highest BCUT2D eigenvalue weighted by Gasteiger charge is 2.37. The number of hydrogen-bond donors (Lipinski definition) is 2. The molecule has 1 saturated heterocycles. The highest BCUT2D eigenvalue weighted by molar-refractivity contribution is 6.01. The molecule has 3 N–H and O–H groups in total. The van der Waals surface area contributed by atoms with E-state index < -0.39 is 29.9 Å². The maximum absolute atomic E-state index is 12.3. The lowest BCUT2D eigenvalue weighted by Crippen LogP contribution is -2.42. The number of benzene rings is 1. The van der Waals surface area contributed by atoms with Gasteiger partial charge in [0.1, 0.15) is 0 Å². The Morgan fingerprint density at radius 1 is 1.32 bits per heavy atom. The molecule has 0 aromatic heterocycles. The van der Waals surface area contributed by atoms with Gasteiger partial charge in [0.2, 0.25) is 5.91 Å². The van der Waals surface area contributed by atoms with Crippen LogP contribution in [0.2, 0.25) is 0 Å². The van der Waals surface area contributed by atoms with Crippen LogP contribution in [0.1, 0.15) is 24.5 Å². The standard InChI is InChI=1S/C17H21N3O5/c1-9-5-4-6-13(10(9)2)20-8-12(7-14(20)21)16(23)25-11(3)15(22)19-17(18)24/h4-6,11-12H,7-8H2,1-3H3,(H3,18,19,22,24)/t11-,12-/m0/s1. The molecule has 1 aromatic rings. The third-order valence-corrected chi connectivity index (χ3v) is 4.23. The second kappa shape index (κ2) is 7.33. The summed E-state index contributed by atoms with van der Waals surface area (Å²) in [5.41, 5.74) is 7.63. The number of nitrogens with two attached hydrogens (primary N) is 1. The van der Waals surface area contributed by atoms with E-state index in [0.717, 1.165) is 16.8 Å². The molecule has 2 rings (SSSR count). The molecular formula is C17H21N3O5. The number of aryl methyl sites for hydroxylation is 1. The lowest BCUT2D eigenvalue weighted by molar-refractivity contribution is -0.158. The summed E-state index contributed by atoms with van der Waals surface area (Å²) in [5, 5.41) is 1.84. The number of amides is 4. The Labute approximate surface area is 145 Å². The molecule has 0 radical (unpaired) electrons. The van der Waals surface area contributed by atoms with Gasteiger partial charge < -0.3 is 15.4 Å². The molecule has 2 atom stereocenters. The van der Waals surface area contributed by atoms with Gasteiger partial charge in [-0.25, -0.2) is 4.79 Å². The van der Waals surface area contributed by atoms with E-state index in [1.807, 2.05) is 37.4 Å². The molecule has 0 bridgehead atoms. The van der Waals surface area contributed by atoms with E-state index in [2.05, 4.69) is 0 Å². The lowest BCUT2D eigenvalue weighted by atomic mass is 10.1. The van der Waals surface area contributed by atoms with Gasteiger partial charge in [0, 0.05) is 18.7 Å². The zero-order valence-electron chi connectivity index (χ0n) is 14.4. The van der Waals surface area contributed by atoms with Crippen LogP contribution >= 0.6 is 0 Å². The summed E-state index contributed by atoms with van der Waals surface area (Å²) in [6.07, 6.45) is -1.17. The van der Waals surface area contributed by atoms with E-state index in [-0.39, 0.29) is 18.9 Å². The molecule has 1 heterocycles. The van der Waals surface area contributed by atoms with Gasteiger partial charge in [-0.15, -0.1) is 0 Å². The van der Waals surface area contributed by atoms with Crippen LogP contribution in [-0.4, -0.2) is 36.5 Å². The Bertz CT molecular complexity index is 731. The van der Waals surface area contributed by atoms with Gasteiger partial charge in [0.15, 0.2) is 6.10 Å². The minimum absolute atomic E-state index is 0.0103. The van der Waals surface area contributed by atoms with Crippen molar-refractivity contribution >= 4 is 29.5 Å². The molecule has 1 fully saturated rings. The fraction of sp³-hybridized carbons (Fsp3) is 0.412. The summed E-state index contributed by atoms with van der Waals surface area (Å²) < 4.78 is 5.05. The average molecular weight is 347 g/mol. The molecule has 4 amide bonds. The van der Waals surface area contributed by atoms with Gasteiger partial charge >= 0.3 is 12.0 Å². The predicted molar refractivity (Wildman–Crippen MR) is 89.7 cm³/mol. The number of nitrogens with zero attached hydrogens (tertiary/aromatic N) is 1. The summed E-state index contributed by atoms with van der Waals surface area (Å²) in [4.78, 5) is 48.3. The highest BCUT2D eigenvalue weighted by atomic mass is 16.5. The number of carbonyl (C=O) groups is 4. The van der Waals surface area contributed by atoms with Crippen molar-refractivity contribution < 1.29 is 23.9 Å². The molecular weight excluding hydrogens is 326 g/mol. The Morgan fingerprint density at radius 3 is 2.64 bits per heavy atom. The summed E-state index contributed by atoms with van der Waals surface area (Å²) >= 11 is 0. The topological polar surface area (TPSA) is 119 Å². The number of rotatable bonds is 4. The van der Waals surface area contributed by atoms with E-state index in [1.165, 1.54) is 6.92 Å². The average Bonchev–Trinajstić information content (AvgIpc) is 2.91. The van der Waals surface area contributed by atoms with Crippen LogP contribution in [0.15, 0.2) is 18.2 Å². The van der Waals surface area contributed by atoms with Gasteiger partial charge in [-0.05, 0) is 38.0 Å². The number of urea groups is 1. The number of primary amides is 1. The van der Waals surface area contributed by atoms with E-state index in [4.69, 9.17) is 10.5 Å². The molecule has 0 spiro atoms. The van der Waals surface area contributed by atoms with Crippen molar-refractivity contribution in [2.45, 2.75) is 33.3 Å². The van der Waals surface area contributed by atoms with Crippen LogP contribution in [0.25, 0.3) is 0 Å². The van der Waals surface area contributed by atoms with Crippen LogP contribution in [0, 0.1) is 19.8 Å². The first-order valence-electron chi connectivity index (χ1n) is 7.88. The Balaban J connectivity index is 2.04. The Kier molecular flexibility index (Phi) is 5.41. The molecule has 25 heavy (non-hydrogen) atoms. The smallest absolute Gasteiger partial charge is 0.318 e. The molecule has 1 aliphatic heterocycles. The van der Waals surface area contributed by atoms with Crippen LogP contribution in [0.4, 0.5) is 10.5 Å². The predicted octanol–water partition coefficient (Wildman–Crippen LogP) is 0.783. The molecule has 8 heteroatoms. The first-order chi connectivity index (χ1) is 11.7. The number of hydrogen-bond acceptors (Lipinski definition) is 5. The van der Waals surface area contributed by atoms with Crippen molar-refractivity contribution in [1.82, 2.24) is 5.32 Å². The minimum atomic E-state index is -1.18. The molecule has 1 aliphatic rings. The van der Waals surface area contributed by atoms with E-state index in [9.17, 15) is 19.2 Å². The third-order valence-electron chi connectivity index (χ3n) is 4.23. The highest BCUT2D eigenvalue weighted by Crippen LogP contribution is 2.30. The number of nitrogens with one attached hydrogen (secondary N) is 1. The van der Waals surface area contributed by atoms with Crippen molar-refractivity contribution in [2.24, 2.45) is 11.7 Å². The first-order valence-corrected chi connectivity index (χ1v) is 7.88.